The molecule has 3 spiro atoms. The lowest BCUT2D eigenvalue weighted by atomic mass is 9.63. The van der Waals surface area contributed by atoms with Crippen LogP contribution >= 0.6 is 0 Å². The van der Waals surface area contributed by atoms with Crippen LogP contribution in [0.15, 0.2) is 0 Å². The molecule has 6 aliphatic rings. The highest BCUT2D eigenvalue weighted by Gasteiger charge is 2.42. The molecule has 0 unspecified atom stereocenters. The highest BCUT2D eigenvalue weighted by atomic mass is 15.2. The maximum absolute atomic E-state index is 3.55. The zero-order valence-corrected chi connectivity index (χ0v) is 26.6. The van der Waals surface area contributed by atoms with Gasteiger partial charge in [0.25, 0.3) is 0 Å². The second-order valence-electron chi connectivity index (χ2n) is 12.8. The van der Waals surface area contributed by atoms with Gasteiger partial charge in [-0.3, -0.25) is 4.90 Å². The van der Waals surface area contributed by atoms with Crippen molar-refractivity contribution < 1.29 is 0 Å². The average molecular weight is 522 g/mol. The number of rotatable bonds is 1. The van der Waals surface area contributed by atoms with E-state index in [0.29, 0.717) is 11.1 Å². The number of nitrogens with one attached hydrogen (secondary N) is 2. The fourth-order valence-corrected chi connectivity index (χ4v) is 7.42. The van der Waals surface area contributed by atoms with E-state index in [9.17, 15) is 0 Å². The van der Waals surface area contributed by atoms with Crippen molar-refractivity contribution in [1.82, 2.24) is 25.3 Å². The van der Waals surface area contributed by atoms with E-state index in [0.717, 1.165) is 11.5 Å². The smallest absolute Gasteiger partial charge is 0.0236 e. The van der Waals surface area contributed by atoms with Gasteiger partial charge in [-0.25, -0.2) is 0 Å². The zero-order valence-electron chi connectivity index (χ0n) is 26.6. The second-order valence-corrected chi connectivity index (χ2v) is 12.8. The van der Waals surface area contributed by atoms with Gasteiger partial charge < -0.3 is 20.4 Å². The van der Waals surface area contributed by atoms with E-state index < -0.39 is 0 Å². The van der Waals surface area contributed by atoms with Crippen molar-refractivity contribution in [2.24, 2.45) is 5.41 Å². The van der Waals surface area contributed by atoms with Crippen molar-refractivity contribution in [1.29, 1.82) is 0 Å². The van der Waals surface area contributed by atoms with Crippen molar-refractivity contribution in [3.63, 3.8) is 0 Å². The Bertz CT molecular complexity index is 540. The standard InChI is InChI=1S/C11H22N2.C9H17N.C8H16N2.2C2H6/c1-10(2)13-9-3-4-11(13)5-7-12-8-6-11;1-10-7-5-9(6-8-10)3-2-4-9;1-10-6-3-8(4-7-10)2-5-9-8;2*1-2/h10,12H,3-9H2,1-2H3;2-8H2,1H3;9H,2-7H2,1H3;2*1-2H3. The Morgan fingerprint density at radius 2 is 1.08 bits per heavy atom. The van der Waals surface area contributed by atoms with Gasteiger partial charge in [-0.15, -0.1) is 0 Å². The molecule has 5 heteroatoms. The largest absolute Gasteiger partial charge is 0.317 e. The van der Waals surface area contributed by atoms with Gasteiger partial charge in [0, 0.05) is 17.1 Å². The van der Waals surface area contributed by atoms with Crippen LogP contribution in [-0.4, -0.2) is 98.3 Å². The minimum Gasteiger partial charge on any atom is -0.317 e. The molecular weight excluding hydrogens is 454 g/mol. The van der Waals surface area contributed by atoms with Crippen molar-refractivity contribution in [2.75, 3.05) is 66.5 Å². The molecule has 6 rings (SSSR count). The topological polar surface area (TPSA) is 33.8 Å². The van der Waals surface area contributed by atoms with Gasteiger partial charge >= 0.3 is 0 Å². The van der Waals surface area contributed by atoms with Crippen LogP contribution in [0.3, 0.4) is 0 Å². The second kappa shape index (κ2) is 16.2. The molecule has 0 atom stereocenters. The van der Waals surface area contributed by atoms with Crippen LogP contribution in [0.5, 0.6) is 0 Å². The van der Waals surface area contributed by atoms with E-state index in [2.05, 4.69) is 53.3 Å². The summed E-state index contributed by atoms with van der Waals surface area (Å²) in [5.74, 6) is 0. The summed E-state index contributed by atoms with van der Waals surface area (Å²) in [6, 6.07) is 0.737. The molecule has 5 heterocycles. The first kappa shape index (κ1) is 33.0. The number of nitrogens with zero attached hydrogens (tertiary/aromatic N) is 3. The predicted molar refractivity (Wildman–Crippen MR) is 164 cm³/mol. The molecule has 5 aliphatic heterocycles. The number of piperidine rings is 3. The SMILES string of the molecule is CC.CC.CC(C)N1CCCC12CCNCC2.CN1CCC2(CCC2)CC1.CN1CCC2(CCN2)CC1. The lowest BCUT2D eigenvalue weighted by Crippen LogP contribution is -2.61. The first-order valence-electron chi connectivity index (χ1n) is 16.5. The molecule has 0 aromatic heterocycles. The molecular formula is C32H67N5. The third-order valence-electron chi connectivity index (χ3n) is 10.3. The summed E-state index contributed by atoms with van der Waals surface area (Å²) in [5.41, 5.74) is 2.01. The summed E-state index contributed by atoms with van der Waals surface area (Å²) in [5, 5.41) is 7.02. The summed E-state index contributed by atoms with van der Waals surface area (Å²) < 4.78 is 0. The van der Waals surface area contributed by atoms with E-state index in [1.165, 1.54) is 129 Å². The summed E-state index contributed by atoms with van der Waals surface area (Å²) in [6.07, 6.45) is 17.2. The molecule has 0 aromatic rings. The fraction of sp³-hybridized carbons (Fsp3) is 1.00. The maximum Gasteiger partial charge on any atom is 0.0236 e. The predicted octanol–water partition coefficient (Wildman–Crippen LogP) is 5.99. The molecule has 0 aromatic carbocycles. The molecule has 1 saturated carbocycles. The van der Waals surface area contributed by atoms with Crippen molar-refractivity contribution in [3.8, 4) is 0 Å². The molecule has 37 heavy (non-hydrogen) atoms. The fourth-order valence-electron chi connectivity index (χ4n) is 7.42. The Morgan fingerprint density at radius 3 is 1.49 bits per heavy atom. The molecule has 0 bridgehead atoms. The summed E-state index contributed by atoms with van der Waals surface area (Å²) in [4.78, 5) is 7.63. The quantitative estimate of drug-likeness (QED) is 0.443. The Labute approximate surface area is 232 Å². The monoisotopic (exact) mass is 522 g/mol. The van der Waals surface area contributed by atoms with Crippen LogP contribution in [0.2, 0.25) is 0 Å². The minimum atomic E-state index is 0.583. The van der Waals surface area contributed by atoms with Crippen LogP contribution in [0.1, 0.15) is 119 Å². The summed E-state index contributed by atoms with van der Waals surface area (Å²) >= 11 is 0. The summed E-state index contributed by atoms with van der Waals surface area (Å²) in [7, 11) is 4.46. The van der Waals surface area contributed by atoms with Crippen molar-refractivity contribution in [2.45, 2.75) is 136 Å². The maximum atomic E-state index is 3.55. The lowest BCUT2D eigenvalue weighted by molar-refractivity contribution is 0.0434. The van der Waals surface area contributed by atoms with Gasteiger partial charge in [0.15, 0.2) is 0 Å². The third-order valence-corrected chi connectivity index (χ3v) is 10.3. The van der Waals surface area contributed by atoms with Gasteiger partial charge in [0.1, 0.15) is 0 Å². The average Bonchev–Trinajstić information content (AvgIpc) is 3.30. The Morgan fingerprint density at radius 1 is 0.568 bits per heavy atom. The van der Waals surface area contributed by atoms with Gasteiger partial charge in [-0.05, 0) is 156 Å². The Balaban J connectivity index is 0.000000184. The molecule has 5 saturated heterocycles. The normalized spacial score (nSPS) is 27.8. The van der Waals surface area contributed by atoms with E-state index in [-0.39, 0.29) is 0 Å². The molecule has 220 valence electrons. The number of hydrogen-bond acceptors (Lipinski definition) is 5. The third kappa shape index (κ3) is 9.17. The van der Waals surface area contributed by atoms with E-state index in [1.807, 2.05) is 27.7 Å². The van der Waals surface area contributed by atoms with Crippen LogP contribution in [0.25, 0.3) is 0 Å². The zero-order chi connectivity index (χ0) is 27.4. The van der Waals surface area contributed by atoms with Crippen molar-refractivity contribution >= 4 is 0 Å². The Hall–Kier alpha value is -0.200. The van der Waals surface area contributed by atoms with Gasteiger partial charge in [-0.1, -0.05) is 34.1 Å². The van der Waals surface area contributed by atoms with E-state index in [1.54, 1.807) is 0 Å². The molecule has 6 fully saturated rings. The van der Waals surface area contributed by atoms with Crippen LogP contribution in [0, 0.1) is 5.41 Å². The first-order valence-corrected chi connectivity index (χ1v) is 16.5. The molecule has 5 nitrogen and oxygen atoms in total. The van der Waals surface area contributed by atoms with Crippen LogP contribution in [-0.2, 0) is 0 Å². The summed E-state index contributed by atoms with van der Waals surface area (Å²) in [6.45, 7) is 23.0. The van der Waals surface area contributed by atoms with Gasteiger partial charge in [0.05, 0.1) is 0 Å². The van der Waals surface area contributed by atoms with Gasteiger partial charge in [-0.2, -0.15) is 0 Å². The number of likely N-dealkylation sites (tertiary alicyclic amines) is 3. The molecule has 0 radical (unpaired) electrons. The molecule has 2 N–H and O–H groups in total. The lowest BCUT2D eigenvalue weighted by Gasteiger charge is -2.48. The van der Waals surface area contributed by atoms with E-state index in [4.69, 9.17) is 0 Å². The first-order chi connectivity index (χ1) is 17.9. The highest BCUT2D eigenvalue weighted by molar-refractivity contribution is 5.00. The highest BCUT2D eigenvalue weighted by Crippen LogP contribution is 2.48. The molecule has 1 aliphatic carbocycles. The Kier molecular flexibility index (Phi) is 14.4. The van der Waals surface area contributed by atoms with Crippen molar-refractivity contribution in [3.05, 3.63) is 0 Å². The molecule has 0 amide bonds. The van der Waals surface area contributed by atoms with Crippen LogP contribution < -0.4 is 10.6 Å². The number of hydrogen-bond donors (Lipinski definition) is 2. The van der Waals surface area contributed by atoms with Gasteiger partial charge in [0.2, 0.25) is 0 Å². The van der Waals surface area contributed by atoms with E-state index >= 15 is 0 Å². The van der Waals surface area contributed by atoms with Crippen LogP contribution in [0.4, 0.5) is 0 Å². The minimum absolute atomic E-state index is 0.583.